The molecule has 1 aromatic heterocycles. The van der Waals surface area contributed by atoms with Crippen molar-refractivity contribution in [2.75, 3.05) is 0 Å². The molecule has 18 heavy (non-hydrogen) atoms. The van der Waals surface area contributed by atoms with Crippen LogP contribution in [0.5, 0.6) is 0 Å². The fraction of sp³-hybridized carbons (Fsp3) is 0.250. The largest absolute Gasteiger partial charge is 0.449 e. The van der Waals surface area contributed by atoms with Gasteiger partial charge in [0.2, 0.25) is 0 Å². The third-order valence-corrected chi connectivity index (χ3v) is 2.57. The predicted molar refractivity (Wildman–Crippen MR) is 61.6 cm³/mol. The van der Waals surface area contributed by atoms with Crippen LogP contribution in [0.1, 0.15) is 17.9 Å². The van der Waals surface area contributed by atoms with Crippen molar-refractivity contribution in [2.45, 2.75) is 19.3 Å². The van der Waals surface area contributed by atoms with Gasteiger partial charge < -0.3 is 4.42 Å². The van der Waals surface area contributed by atoms with E-state index in [4.69, 9.17) is 4.42 Å². The summed E-state index contributed by atoms with van der Waals surface area (Å²) >= 11 is 0. The van der Waals surface area contributed by atoms with Crippen molar-refractivity contribution in [3.8, 4) is 0 Å². The first-order chi connectivity index (χ1) is 8.66. The summed E-state index contributed by atoms with van der Waals surface area (Å²) in [7, 11) is 0. The molecule has 0 radical (unpaired) electrons. The van der Waals surface area contributed by atoms with Crippen LogP contribution >= 0.6 is 0 Å². The highest BCUT2D eigenvalue weighted by Gasteiger charge is 2.10. The number of aromatic nitrogens is 1. The number of halogens is 1. The third-order valence-electron chi connectivity index (χ3n) is 2.57. The molecule has 2 rings (SSSR count). The number of oxazole rings is 1. The van der Waals surface area contributed by atoms with E-state index in [1.54, 1.807) is 6.20 Å². The van der Waals surface area contributed by atoms with Crippen LogP contribution in [0.2, 0.25) is 0 Å². The summed E-state index contributed by atoms with van der Waals surface area (Å²) in [6.07, 6.45) is 4.83. The van der Waals surface area contributed by atoms with Crippen molar-refractivity contribution in [1.29, 1.82) is 0 Å². The van der Waals surface area contributed by atoms with E-state index in [0.717, 1.165) is 6.07 Å². The Morgan fingerprint density at radius 1 is 1.39 bits per heavy atom. The number of benzene rings is 1. The first kappa shape index (κ1) is 12.2. The summed E-state index contributed by atoms with van der Waals surface area (Å²) in [6.45, 7) is 0. The van der Waals surface area contributed by atoms with Crippen molar-refractivity contribution in [2.24, 2.45) is 0 Å². The molecule has 0 atom stereocenters. The minimum atomic E-state index is -0.611. The molecule has 0 unspecified atom stereocenters. The quantitative estimate of drug-likeness (QED) is 0.604. The molecule has 5 nitrogen and oxygen atoms in total. The molecule has 94 valence electrons. The molecular formula is C12H11FN2O3. The fourth-order valence-corrected chi connectivity index (χ4v) is 1.66. The van der Waals surface area contributed by atoms with E-state index in [-0.39, 0.29) is 5.69 Å². The van der Waals surface area contributed by atoms with E-state index < -0.39 is 10.7 Å². The lowest BCUT2D eigenvalue weighted by molar-refractivity contribution is -0.385. The van der Waals surface area contributed by atoms with E-state index in [1.807, 2.05) is 0 Å². The van der Waals surface area contributed by atoms with Gasteiger partial charge in [0.1, 0.15) is 12.1 Å². The number of nitro groups is 1. The van der Waals surface area contributed by atoms with Gasteiger partial charge in [-0.05, 0) is 24.5 Å². The van der Waals surface area contributed by atoms with Gasteiger partial charge in [0.15, 0.2) is 5.89 Å². The van der Waals surface area contributed by atoms with Crippen molar-refractivity contribution in [3.63, 3.8) is 0 Å². The van der Waals surface area contributed by atoms with Crippen LogP contribution in [0.3, 0.4) is 0 Å². The summed E-state index contributed by atoms with van der Waals surface area (Å²) in [5, 5.41) is 10.5. The molecule has 0 spiro atoms. The molecule has 0 aliphatic heterocycles. The van der Waals surface area contributed by atoms with Gasteiger partial charge in [-0.1, -0.05) is 0 Å². The van der Waals surface area contributed by atoms with Crippen molar-refractivity contribution in [1.82, 2.24) is 4.98 Å². The molecule has 1 aromatic carbocycles. The Kier molecular flexibility index (Phi) is 3.66. The van der Waals surface area contributed by atoms with E-state index >= 15 is 0 Å². The maximum atomic E-state index is 13.5. The number of nitrogens with zero attached hydrogens (tertiary/aromatic N) is 2. The molecule has 0 N–H and O–H groups in total. The van der Waals surface area contributed by atoms with Gasteiger partial charge >= 0.3 is 0 Å². The lowest BCUT2D eigenvalue weighted by atomic mass is 10.1. The Labute approximate surface area is 102 Å². The van der Waals surface area contributed by atoms with E-state index in [0.29, 0.717) is 30.7 Å². The van der Waals surface area contributed by atoms with Gasteiger partial charge in [-0.2, -0.15) is 0 Å². The second-order valence-electron chi connectivity index (χ2n) is 3.81. The van der Waals surface area contributed by atoms with Crippen LogP contribution < -0.4 is 0 Å². The Bertz CT molecular complexity index is 540. The maximum Gasteiger partial charge on any atom is 0.272 e. The van der Waals surface area contributed by atoms with Gasteiger partial charge in [-0.3, -0.25) is 10.1 Å². The minimum absolute atomic E-state index is 0.232. The second-order valence-corrected chi connectivity index (χ2v) is 3.81. The number of hydrogen-bond donors (Lipinski definition) is 0. The summed E-state index contributed by atoms with van der Waals surface area (Å²) in [5.74, 6) is 0.0638. The highest BCUT2D eigenvalue weighted by atomic mass is 19.1. The SMILES string of the molecule is O=[N+]([O-])c1ccc(CCCc2ncco2)c(F)c1. The van der Waals surface area contributed by atoms with Crippen LogP contribution in [0.15, 0.2) is 35.1 Å². The lowest BCUT2D eigenvalue weighted by Crippen LogP contribution is -1.96. The van der Waals surface area contributed by atoms with Crippen LogP contribution in [-0.4, -0.2) is 9.91 Å². The number of non-ortho nitro benzene ring substituents is 1. The summed E-state index contributed by atoms with van der Waals surface area (Å²) in [6, 6.07) is 3.70. The number of nitro benzene ring substituents is 1. The first-order valence-corrected chi connectivity index (χ1v) is 5.48. The third kappa shape index (κ3) is 2.91. The van der Waals surface area contributed by atoms with Crippen LogP contribution in [0.25, 0.3) is 0 Å². The zero-order valence-corrected chi connectivity index (χ0v) is 9.51. The van der Waals surface area contributed by atoms with Crippen LogP contribution in [-0.2, 0) is 12.8 Å². The first-order valence-electron chi connectivity index (χ1n) is 5.48. The minimum Gasteiger partial charge on any atom is -0.449 e. The van der Waals surface area contributed by atoms with Crippen molar-refractivity contribution >= 4 is 5.69 Å². The molecule has 6 heteroatoms. The molecule has 0 saturated carbocycles. The van der Waals surface area contributed by atoms with Gasteiger partial charge in [-0.25, -0.2) is 9.37 Å². The summed E-state index contributed by atoms with van der Waals surface area (Å²) in [5.41, 5.74) is 0.233. The van der Waals surface area contributed by atoms with Gasteiger partial charge in [-0.15, -0.1) is 0 Å². The zero-order valence-electron chi connectivity index (χ0n) is 9.51. The molecule has 0 aliphatic rings. The molecule has 2 aromatic rings. The Balaban J connectivity index is 1.95. The van der Waals surface area contributed by atoms with Crippen molar-refractivity contribution in [3.05, 3.63) is 58.0 Å². The number of rotatable bonds is 5. The Morgan fingerprint density at radius 2 is 2.22 bits per heavy atom. The molecule has 0 bridgehead atoms. The molecular weight excluding hydrogens is 239 g/mol. The average Bonchev–Trinajstić information content (AvgIpc) is 2.84. The number of hydrogen-bond acceptors (Lipinski definition) is 4. The number of aryl methyl sites for hydroxylation is 2. The van der Waals surface area contributed by atoms with Gasteiger partial charge in [0.25, 0.3) is 5.69 Å². The second kappa shape index (κ2) is 5.39. The Morgan fingerprint density at radius 3 is 2.83 bits per heavy atom. The van der Waals surface area contributed by atoms with Crippen LogP contribution in [0, 0.1) is 15.9 Å². The van der Waals surface area contributed by atoms with Crippen LogP contribution in [0.4, 0.5) is 10.1 Å². The normalized spacial score (nSPS) is 10.5. The predicted octanol–water partition coefficient (Wildman–Crippen LogP) is 2.90. The highest BCUT2D eigenvalue weighted by Crippen LogP contribution is 2.18. The lowest BCUT2D eigenvalue weighted by Gasteiger charge is -2.02. The van der Waals surface area contributed by atoms with Gasteiger partial charge in [0, 0.05) is 12.5 Å². The average molecular weight is 250 g/mol. The highest BCUT2D eigenvalue weighted by molar-refractivity contribution is 5.34. The van der Waals surface area contributed by atoms with E-state index in [2.05, 4.69) is 4.98 Å². The van der Waals surface area contributed by atoms with Gasteiger partial charge in [0.05, 0.1) is 17.2 Å². The topological polar surface area (TPSA) is 69.2 Å². The zero-order chi connectivity index (χ0) is 13.0. The molecule has 0 aliphatic carbocycles. The van der Waals surface area contributed by atoms with E-state index in [1.165, 1.54) is 18.4 Å². The van der Waals surface area contributed by atoms with Crippen molar-refractivity contribution < 1.29 is 13.7 Å². The van der Waals surface area contributed by atoms with E-state index in [9.17, 15) is 14.5 Å². The monoisotopic (exact) mass is 250 g/mol. The summed E-state index contributed by atoms with van der Waals surface area (Å²) < 4.78 is 18.6. The smallest absolute Gasteiger partial charge is 0.272 e. The molecule has 1 heterocycles. The molecule has 0 fully saturated rings. The maximum absolute atomic E-state index is 13.5. The standard InChI is InChI=1S/C12H11FN2O3/c13-11-8-10(15(16)17)5-4-9(11)2-1-3-12-14-6-7-18-12/h4-8H,1-3H2. The molecule has 0 amide bonds. The molecule has 0 saturated heterocycles. The summed E-state index contributed by atoms with van der Waals surface area (Å²) in [4.78, 5) is 13.8. The Hall–Kier alpha value is -2.24. The fourth-order valence-electron chi connectivity index (χ4n) is 1.66.